The first-order valence-corrected chi connectivity index (χ1v) is 4.34. The number of amides is 1. The van der Waals surface area contributed by atoms with Gasteiger partial charge in [0.15, 0.2) is 0 Å². The van der Waals surface area contributed by atoms with Crippen LogP contribution in [0.15, 0.2) is 6.20 Å². The predicted molar refractivity (Wildman–Crippen MR) is 47.0 cm³/mol. The molecular weight excluding hydrogens is 168 g/mol. The standard InChI is InChI=1S/C8H12N4O/c1-6-7(5-9-11-6)8(13)12-4-2-3-10-12/h5,10H,2-4H2,1H3,(H,9,11). The normalized spacial score (nSPS) is 16.5. The summed E-state index contributed by atoms with van der Waals surface area (Å²) in [5, 5.41) is 8.20. The Kier molecular flexibility index (Phi) is 2.02. The topological polar surface area (TPSA) is 61.0 Å². The van der Waals surface area contributed by atoms with E-state index in [1.165, 1.54) is 0 Å². The summed E-state index contributed by atoms with van der Waals surface area (Å²) in [4.78, 5) is 11.7. The third-order valence-corrected chi connectivity index (χ3v) is 2.17. The Hall–Kier alpha value is -1.36. The molecule has 0 unspecified atom stereocenters. The second-order valence-corrected chi connectivity index (χ2v) is 3.13. The lowest BCUT2D eigenvalue weighted by molar-refractivity contribution is 0.0725. The number of hydrogen-bond acceptors (Lipinski definition) is 3. The molecule has 1 aliphatic rings. The van der Waals surface area contributed by atoms with E-state index in [1.807, 2.05) is 6.92 Å². The maximum atomic E-state index is 11.7. The fourth-order valence-electron chi connectivity index (χ4n) is 1.42. The van der Waals surface area contributed by atoms with Crippen LogP contribution in [0, 0.1) is 6.92 Å². The number of carbonyl (C=O) groups excluding carboxylic acids is 1. The molecule has 0 spiro atoms. The smallest absolute Gasteiger partial charge is 0.271 e. The summed E-state index contributed by atoms with van der Waals surface area (Å²) in [6.45, 7) is 3.50. The summed E-state index contributed by atoms with van der Waals surface area (Å²) in [7, 11) is 0. The number of aromatic nitrogens is 2. The van der Waals surface area contributed by atoms with Crippen molar-refractivity contribution in [1.29, 1.82) is 0 Å². The molecule has 2 rings (SSSR count). The number of H-pyrrole nitrogens is 1. The maximum absolute atomic E-state index is 11.7. The zero-order valence-corrected chi connectivity index (χ0v) is 7.50. The van der Waals surface area contributed by atoms with Gasteiger partial charge in [-0.25, -0.2) is 5.43 Å². The molecule has 0 saturated carbocycles. The molecule has 1 amide bonds. The number of aryl methyl sites for hydroxylation is 1. The number of hydrazine groups is 1. The molecule has 2 N–H and O–H groups in total. The number of carbonyl (C=O) groups is 1. The average molecular weight is 180 g/mol. The van der Waals surface area contributed by atoms with Crippen molar-refractivity contribution in [2.75, 3.05) is 13.1 Å². The maximum Gasteiger partial charge on any atom is 0.271 e. The van der Waals surface area contributed by atoms with Gasteiger partial charge in [-0.2, -0.15) is 5.10 Å². The molecule has 13 heavy (non-hydrogen) atoms. The molecule has 0 aliphatic carbocycles. The molecule has 5 heteroatoms. The van der Waals surface area contributed by atoms with Crippen LogP contribution in [0.5, 0.6) is 0 Å². The van der Waals surface area contributed by atoms with E-state index >= 15 is 0 Å². The van der Waals surface area contributed by atoms with E-state index in [-0.39, 0.29) is 5.91 Å². The Labute approximate surface area is 76.1 Å². The minimum absolute atomic E-state index is 0.00347. The van der Waals surface area contributed by atoms with Gasteiger partial charge in [-0.15, -0.1) is 0 Å². The summed E-state index contributed by atoms with van der Waals surface area (Å²) in [5.74, 6) is 0.00347. The number of nitrogens with one attached hydrogen (secondary N) is 2. The van der Waals surface area contributed by atoms with Gasteiger partial charge >= 0.3 is 0 Å². The third-order valence-electron chi connectivity index (χ3n) is 2.17. The lowest BCUT2D eigenvalue weighted by Crippen LogP contribution is -2.36. The van der Waals surface area contributed by atoms with Crippen LogP contribution in [0.25, 0.3) is 0 Å². The molecule has 5 nitrogen and oxygen atoms in total. The highest BCUT2D eigenvalue weighted by atomic mass is 16.2. The Morgan fingerprint density at radius 3 is 3.08 bits per heavy atom. The molecule has 70 valence electrons. The van der Waals surface area contributed by atoms with Gasteiger partial charge in [0.05, 0.1) is 11.8 Å². The SMILES string of the molecule is Cc1[nH]ncc1C(=O)N1CCCN1. The van der Waals surface area contributed by atoms with E-state index in [1.54, 1.807) is 11.2 Å². The fourth-order valence-corrected chi connectivity index (χ4v) is 1.42. The van der Waals surface area contributed by atoms with E-state index < -0.39 is 0 Å². The van der Waals surface area contributed by atoms with Gasteiger partial charge in [0.1, 0.15) is 0 Å². The van der Waals surface area contributed by atoms with Crippen molar-refractivity contribution in [1.82, 2.24) is 20.6 Å². The average Bonchev–Trinajstić information content (AvgIpc) is 2.72. The second kappa shape index (κ2) is 3.18. The van der Waals surface area contributed by atoms with Crippen molar-refractivity contribution in [3.63, 3.8) is 0 Å². The van der Waals surface area contributed by atoms with Gasteiger partial charge in [-0.05, 0) is 13.3 Å². The summed E-state index contributed by atoms with van der Waals surface area (Å²) >= 11 is 0. The molecular formula is C8H12N4O. The largest absolute Gasteiger partial charge is 0.282 e. The number of rotatable bonds is 1. The number of nitrogens with zero attached hydrogens (tertiary/aromatic N) is 2. The first-order chi connectivity index (χ1) is 6.29. The lowest BCUT2D eigenvalue weighted by atomic mass is 10.2. The molecule has 0 atom stereocenters. The third kappa shape index (κ3) is 1.42. The highest BCUT2D eigenvalue weighted by Crippen LogP contribution is 2.08. The summed E-state index contributed by atoms with van der Waals surface area (Å²) in [6.07, 6.45) is 2.58. The van der Waals surface area contributed by atoms with Gasteiger partial charge in [0, 0.05) is 18.8 Å². The zero-order chi connectivity index (χ0) is 9.26. The van der Waals surface area contributed by atoms with E-state index in [0.29, 0.717) is 5.56 Å². The Balaban J connectivity index is 2.17. The van der Waals surface area contributed by atoms with Crippen LogP contribution in [0.4, 0.5) is 0 Å². The van der Waals surface area contributed by atoms with E-state index in [9.17, 15) is 4.79 Å². The minimum atomic E-state index is 0.00347. The second-order valence-electron chi connectivity index (χ2n) is 3.13. The van der Waals surface area contributed by atoms with Crippen molar-refractivity contribution in [3.8, 4) is 0 Å². The van der Waals surface area contributed by atoms with Crippen molar-refractivity contribution < 1.29 is 4.79 Å². The van der Waals surface area contributed by atoms with Crippen molar-refractivity contribution in [3.05, 3.63) is 17.5 Å². The highest BCUT2D eigenvalue weighted by Gasteiger charge is 2.21. The van der Waals surface area contributed by atoms with Crippen LogP contribution in [0.3, 0.4) is 0 Å². The Morgan fingerprint density at radius 2 is 2.54 bits per heavy atom. The molecule has 1 aliphatic heterocycles. The van der Waals surface area contributed by atoms with Crippen LogP contribution in [-0.2, 0) is 0 Å². The minimum Gasteiger partial charge on any atom is -0.282 e. The molecule has 1 saturated heterocycles. The highest BCUT2D eigenvalue weighted by molar-refractivity contribution is 5.94. The predicted octanol–water partition coefficient (Wildman–Crippen LogP) is 0.0686. The Bertz CT molecular complexity index is 314. The summed E-state index contributed by atoms with van der Waals surface area (Å²) < 4.78 is 0. The lowest BCUT2D eigenvalue weighted by Gasteiger charge is -2.14. The number of aromatic amines is 1. The molecule has 0 radical (unpaired) electrons. The number of hydrogen-bond donors (Lipinski definition) is 2. The van der Waals surface area contributed by atoms with Gasteiger partial charge in [-0.1, -0.05) is 0 Å². The fraction of sp³-hybridized carbons (Fsp3) is 0.500. The van der Waals surface area contributed by atoms with Gasteiger partial charge < -0.3 is 0 Å². The van der Waals surface area contributed by atoms with Gasteiger partial charge in [0.2, 0.25) is 0 Å². The Morgan fingerprint density at radius 1 is 1.69 bits per heavy atom. The monoisotopic (exact) mass is 180 g/mol. The van der Waals surface area contributed by atoms with E-state index in [4.69, 9.17) is 0 Å². The zero-order valence-electron chi connectivity index (χ0n) is 7.50. The first kappa shape index (κ1) is 8.25. The molecule has 1 fully saturated rings. The van der Waals surface area contributed by atoms with Crippen LogP contribution in [0.2, 0.25) is 0 Å². The van der Waals surface area contributed by atoms with E-state index in [2.05, 4.69) is 15.6 Å². The molecule has 0 aromatic carbocycles. The van der Waals surface area contributed by atoms with Crippen LogP contribution < -0.4 is 5.43 Å². The summed E-state index contributed by atoms with van der Waals surface area (Å²) in [5.41, 5.74) is 4.48. The van der Waals surface area contributed by atoms with Crippen molar-refractivity contribution in [2.45, 2.75) is 13.3 Å². The molecule has 1 aromatic heterocycles. The van der Waals surface area contributed by atoms with Crippen molar-refractivity contribution >= 4 is 5.91 Å². The van der Waals surface area contributed by atoms with Crippen molar-refractivity contribution in [2.24, 2.45) is 0 Å². The van der Waals surface area contributed by atoms with Crippen LogP contribution >= 0.6 is 0 Å². The van der Waals surface area contributed by atoms with Crippen LogP contribution in [0.1, 0.15) is 22.5 Å². The molecule has 2 heterocycles. The summed E-state index contributed by atoms with van der Waals surface area (Å²) in [6, 6.07) is 0. The molecule has 1 aromatic rings. The molecule has 0 bridgehead atoms. The first-order valence-electron chi connectivity index (χ1n) is 4.34. The van der Waals surface area contributed by atoms with Gasteiger partial charge in [0.25, 0.3) is 5.91 Å². The van der Waals surface area contributed by atoms with Crippen LogP contribution in [-0.4, -0.2) is 34.2 Å². The van der Waals surface area contributed by atoms with E-state index in [0.717, 1.165) is 25.2 Å². The quantitative estimate of drug-likeness (QED) is 0.643. The van der Waals surface area contributed by atoms with Gasteiger partial charge in [-0.3, -0.25) is 14.9 Å².